The Labute approximate surface area is 75.2 Å². The lowest BCUT2D eigenvalue weighted by molar-refractivity contribution is -0.130. The van der Waals surface area contributed by atoms with Gasteiger partial charge in [-0.25, -0.2) is 4.79 Å². The van der Waals surface area contributed by atoms with Crippen molar-refractivity contribution in [3.63, 3.8) is 0 Å². The summed E-state index contributed by atoms with van der Waals surface area (Å²) in [6, 6.07) is 8.61. The van der Waals surface area contributed by atoms with Crippen molar-refractivity contribution in [1.29, 1.82) is 0 Å². The molecule has 0 heterocycles. The molecule has 0 radical (unpaired) electrons. The highest BCUT2D eigenvalue weighted by atomic mass is 16.6. The van der Waals surface area contributed by atoms with Crippen molar-refractivity contribution < 1.29 is 14.7 Å². The standard InChI is InChI=1S/C9H9NO3/c10-13-6-8(9(11)12)7-4-2-1-3-5-7/h1-6H,10H2,(H,11,12). The number of nitrogens with two attached hydrogens (primary N) is 1. The van der Waals surface area contributed by atoms with Gasteiger partial charge in [-0.2, -0.15) is 5.90 Å². The molecule has 1 aromatic carbocycles. The molecule has 0 unspecified atom stereocenters. The first-order valence-electron chi connectivity index (χ1n) is 3.60. The van der Waals surface area contributed by atoms with Gasteiger partial charge in [0.05, 0.1) is 0 Å². The molecule has 0 fully saturated rings. The van der Waals surface area contributed by atoms with Gasteiger partial charge >= 0.3 is 5.97 Å². The average Bonchev–Trinajstić information content (AvgIpc) is 2.15. The SMILES string of the molecule is NOC=C(C(=O)O)c1ccccc1. The number of aliphatic carboxylic acids is 1. The van der Waals surface area contributed by atoms with E-state index in [-0.39, 0.29) is 5.57 Å². The van der Waals surface area contributed by atoms with Gasteiger partial charge in [0.2, 0.25) is 0 Å². The predicted octanol–water partition coefficient (Wildman–Crippen LogP) is 1.00. The molecule has 0 bridgehead atoms. The van der Waals surface area contributed by atoms with E-state index in [4.69, 9.17) is 11.0 Å². The zero-order valence-corrected chi connectivity index (χ0v) is 6.81. The number of carbonyl (C=O) groups is 1. The van der Waals surface area contributed by atoms with Crippen LogP contribution < -0.4 is 5.90 Å². The molecule has 68 valence electrons. The Balaban J connectivity index is 3.03. The predicted molar refractivity (Wildman–Crippen MR) is 47.3 cm³/mol. The second kappa shape index (κ2) is 4.27. The fourth-order valence-electron chi connectivity index (χ4n) is 0.928. The van der Waals surface area contributed by atoms with Crippen LogP contribution in [0.2, 0.25) is 0 Å². The highest BCUT2D eigenvalue weighted by molar-refractivity contribution is 6.14. The second-order valence-electron chi connectivity index (χ2n) is 2.34. The van der Waals surface area contributed by atoms with E-state index in [9.17, 15) is 4.79 Å². The minimum absolute atomic E-state index is 0.0306. The van der Waals surface area contributed by atoms with Crippen LogP contribution in [0.4, 0.5) is 0 Å². The summed E-state index contributed by atoms with van der Waals surface area (Å²) in [5.41, 5.74) is 0.587. The van der Waals surface area contributed by atoms with Gasteiger partial charge in [0.1, 0.15) is 11.8 Å². The van der Waals surface area contributed by atoms with Crippen LogP contribution in [0.25, 0.3) is 5.57 Å². The summed E-state index contributed by atoms with van der Waals surface area (Å²) in [5, 5.41) is 8.75. The van der Waals surface area contributed by atoms with E-state index in [0.29, 0.717) is 5.56 Å². The van der Waals surface area contributed by atoms with Crippen molar-refractivity contribution in [2.75, 3.05) is 0 Å². The smallest absolute Gasteiger partial charge is 0.339 e. The highest BCUT2D eigenvalue weighted by Gasteiger charge is 2.09. The summed E-state index contributed by atoms with van der Waals surface area (Å²) in [6.45, 7) is 0. The fraction of sp³-hybridized carbons (Fsp3) is 0. The van der Waals surface area contributed by atoms with Crippen LogP contribution in [-0.4, -0.2) is 11.1 Å². The third-order valence-corrected chi connectivity index (χ3v) is 1.50. The second-order valence-corrected chi connectivity index (χ2v) is 2.34. The molecule has 0 aliphatic heterocycles. The summed E-state index contributed by atoms with van der Waals surface area (Å²) in [6.07, 6.45) is 0.998. The number of rotatable bonds is 3. The molecule has 1 aromatic rings. The zero-order chi connectivity index (χ0) is 9.68. The molecule has 0 atom stereocenters. The lowest BCUT2D eigenvalue weighted by Gasteiger charge is -2.00. The Morgan fingerprint density at radius 3 is 2.46 bits per heavy atom. The van der Waals surface area contributed by atoms with Crippen molar-refractivity contribution in [2.45, 2.75) is 0 Å². The van der Waals surface area contributed by atoms with Crippen LogP contribution in [0.5, 0.6) is 0 Å². The Bertz CT molecular complexity index is 319. The van der Waals surface area contributed by atoms with E-state index >= 15 is 0 Å². The summed E-state index contributed by atoms with van der Waals surface area (Å²) in [5.74, 6) is 3.69. The van der Waals surface area contributed by atoms with Gasteiger partial charge in [0.15, 0.2) is 0 Å². The lowest BCUT2D eigenvalue weighted by atomic mass is 10.1. The maximum Gasteiger partial charge on any atom is 0.339 e. The van der Waals surface area contributed by atoms with Crippen LogP contribution in [0.3, 0.4) is 0 Å². The van der Waals surface area contributed by atoms with Crippen molar-refractivity contribution in [2.24, 2.45) is 5.90 Å². The molecule has 0 amide bonds. The maximum atomic E-state index is 10.7. The molecular formula is C9H9NO3. The van der Waals surface area contributed by atoms with Crippen molar-refractivity contribution in [3.05, 3.63) is 42.2 Å². The molecule has 0 spiro atoms. The van der Waals surface area contributed by atoms with Gasteiger partial charge in [0.25, 0.3) is 0 Å². The molecule has 4 heteroatoms. The van der Waals surface area contributed by atoms with E-state index in [1.807, 2.05) is 0 Å². The Hall–Kier alpha value is -1.81. The minimum Gasteiger partial charge on any atom is -0.478 e. The van der Waals surface area contributed by atoms with Crippen molar-refractivity contribution in [3.8, 4) is 0 Å². The van der Waals surface area contributed by atoms with Gasteiger partial charge in [-0.05, 0) is 5.56 Å². The van der Waals surface area contributed by atoms with E-state index < -0.39 is 5.97 Å². The third-order valence-electron chi connectivity index (χ3n) is 1.50. The van der Waals surface area contributed by atoms with Crippen LogP contribution >= 0.6 is 0 Å². The van der Waals surface area contributed by atoms with E-state index in [0.717, 1.165) is 6.26 Å². The van der Waals surface area contributed by atoms with Crippen molar-refractivity contribution >= 4 is 11.5 Å². The summed E-state index contributed by atoms with van der Waals surface area (Å²) in [7, 11) is 0. The quantitative estimate of drug-likeness (QED) is 0.412. The molecule has 3 N–H and O–H groups in total. The largest absolute Gasteiger partial charge is 0.478 e. The number of hydrogen-bond acceptors (Lipinski definition) is 3. The zero-order valence-electron chi connectivity index (χ0n) is 6.81. The monoisotopic (exact) mass is 179 g/mol. The van der Waals surface area contributed by atoms with Crippen LogP contribution in [0, 0.1) is 0 Å². The first-order chi connectivity index (χ1) is 6.25. The average molecular weight is 179 g/mol. The molecule has 0 aliphatic rings. The number of carboxylic acids is 1. The topological polar surface area (TPSA) is 72.5 Å². The van der Waals surface area contributed by atoms with Crippen LogP contribution in [-0.2, 0) is 9.63 Å². The van der Waals surface area contributed by atoms with E-state index in [2.05, 4.69) is 4.84 Å². The number of carboxylic acid groups (broad SMARTS) is 1. The van der Waals surface area contributed by atoms with E-state index in [1.165, 1.54) is 0 Å². The normalized spacial score (nSPS) is 11.0. The van der Waals surface area contributed by atoms with Gasteiger partial charge in [-0.15, -0.1) is 0 Å². The van der Waals surface area contributed by atoms with Crippen LogP contribution in [0.15, 0.2) is 36.6 Å². The Morgan fingerprint density at radius 2 is 2.00 bits per heavy atom. The summed E-state index contributed by atoms with van der Waals surface area (Å²) in [4.78, 5) is 14.9. The van der Waals surface area contributed by atoms with Gasteiger partial charge in [0, 0.05) is 0 Å². The van der Waals surface area contributed by atoms with Crippen molar-refractivity contribution in [1.82, 2.24) is 0 Å². The first kappa shape index (κ1) is 9.28. The number of hydrogen-bond donors (Lipinski definition) is 2. The molecular weight excluding hydrogens is 170 g/mol. The Kier molecular flexibility index (Phi) is 3.05. The Morgan fingerprint density at radius 1 is 1.38 bits per heavy atom. The van der Waals surface area contributed by atoms with Gasteiger partial charge in [-0.1, -0.05) is 30.3 Å². The molecule has 4 nitrogen and oxygen atoms in total. The lowest BCUT2D eigenvalue weighted by Crippen LogP contribution is -2.02. The van der Waals surface area contributed by atoms with Gasteiger partial charge in [-0.3, -0.25) is 0 Å². The summed E-state index contributed by atoms with van der Waals surface area (Å²) >= 11 is 0. The van der Waals surface area contributed by atoms with E-state index in [1.54, 1.807) is 30.3 Å². The van der Waals surface area contributed by atoms with Crippen LogP contribution in [0.1, 0.15) is 5.56 Å². The van der Waals surface area contributed by atoms with Gasteiger partial charge < -0.3 is 9.94 Å². The maximum absolute atomic E-state index is 10.7. The molecule has 0 aromatic heterocycles. The minimum atomic E-state index is -1.07. The molecule has 13 heavy (non-hydrogen) atoms. The number of benzene rings is 1. The molecule has 0 saturated carbocycles. The molecule has 0 aliphatic carbocycles. The summed E-state index contributed by atoms with van der Waals surface area (Å²) < 4.78 is 0. The first-order valence-corrected chi connectivity index (χ1v) is 3.60. The third kappa shape index (κ3) is 2.31. The molecule has 1 rings (SSSR count). The fourth-order valence-corrected chi connectivity index (χ4v) is 0.928. The highest BCUT2D eigenvalue weighted by Crippen LogP contribution is 2.13. The molecule has 0 saturated heterocycles.